The SMILES string of the molecule is Cc1cc(C)cc(OCCOC(=O)c2cc(Cl)ccc2O)c1. The molecule has 2 aromatic rings. The monoisotopic (exact) mass is 320 g/mol. The molecule has 0 heterocycles. The lowest BCUT2D eigenvalue weighted by Gasteiger charge is -2.09. The Morgan fingerprint density at radius 3 is 2.45 bits per heavy atom. The molecular weight excluding hydrogens is 304 g/mol. The first-order valence-corrected chi connectivity index (χ1v) is 7.20. The zero-order chi connectivity index (χ0) is 16.1. The third kappa shape index (κ3) is 4.40. The van der Waals surface area contributed by atoms with Crippen molar-refractivity contribution >= 4 is 17.6 Å². The minimum absolute atomic E-state index is 0.0406. The van der Waals surface area contributed by atoms with Crippen molar-refractivity contribution in [2.24, 2.45) is 0 Å². The van der Waals surface area contributed by atoms with Crippen LogP contribution in [0.15, 0.2) is 36.4 Å². The van der Waals surface area contributed by atoms with E-state index in [0.717, 1.165) is 16.9 Å². The van der Waals surface area contributed by atoms with Gasteiger partial charge < -0.3 is 14.6 Å². The third-order valence-electron chi connectivity index (χ3n) is 2.96. The van der Waals surface area contributed by atoms with E-state index in [9.17, 15) is 9.90 Å². The minimum atomic E-state index is -0.635. The molecule has 1 N–H and O–H groups in total. The maximum absolute atomic E-state index is 11.8. The number of phenols is 1. The largest absolute Gasteiger partial charge is 0.507 e. The van der Waals surface area contributed by atoms with E-state index in [4.69, 9.17) is 21.1 Å². The highest BCUT2D eigenvalue weighted by Crippen LogP contribution is 2.22. The summed E-state index contributed by atoms with van der Waals surface area (Å²) in [6.45, 7) is 4.29. The summed E-state index contributed by atoms with van der Waals surface area (Å²) in [5.74, 6) is -0.0622. The normalized spacial score (nSPS) is 10.3. The van der Waals surface area contributed by atoms with Gasteiger partial charge in [-0.25, -0.2) is 4.79 Å². The Kier molecular flexibility index (Phi) is 5.28. The second kappa shape index (κ2) is 7.18. The zero-order valence-corrected chi connectivity index (χ0v) is 13.2. The van der Waals surface area contributed by atoms with Crippen molar-refractivity contribution in [2.75, 3.05) is 13.2 Å². The molecular formula is C17H17ClO4. The van der Waals surface area contributed by atoms with Crippen LogP contribution in [-0.2, 0) is 4.74 Å². The highest BCUT2D eigenvalue weighted by Gasteiger charge is 2.13. The van der Waals surface area contributed by atoms with Crippen LogP contribution in [0.3, 0.4) is 0 Å². The summed E-state index contributed by atoms with van der Waals surface area (Å²) < 4.78 is 10.6. The van der Waals surface area contributed by atoms with Crippen LogP contribution in [0.1, 0.15) is 21.5 Å². The van der Waals surface area contributed by atoms with Gasteiger partial charge >= 0.3 is 5.97 Å². The van der Waals surface area contributed by atoms with Gasteiger partial charge in [-0.2, -0.15) is 0 Å². The number of halogens is 1. The van der Waals surface area contributed by atoms with Crippen molar-refractivity contribution in [3.63, 3.8) is 0 Å². The first kappa shape index (κ1) is 16.2. The fourth-order valence-corrected chi connectivity index (χ4v) is 2.23. The molecule has 0 saturated heterocycles. The van der Waals surface area contributed by atoms with Gasteiger partial charge in [0.2, 0.25) is 0 Å². The quantitative estimate of drug-likeness (QED) is 0.670. The summed E-state index contributed by atoms with van der Waals surface area (Å²) in [6, 6.07) is 10.1. The molecule has 0 amide bonds. The minimum Gasteiger partial charge on any atom is -0.507 e. The molecule has 0 saturated carbocycles. The Hall–Kier alpha value is -2.20. The average Bonchev–Trinajstić information content (AvgIpc) is 2.45. The van der Waals surface area contributed by atoms with Crippen LogP contribution in [-0.4, -0.2) is 24.3 Å². The van der Waals surface area contributed by atoms with E-state index in [1.165, 1.54) is 18.2 Å². The van der Waals surface area contributed by atoms with Crippen LogP contribution in [0.4, 0.5) is 0 Å². The summed E-state index contributed by atoms with van der Waals surface area (Å²) >= 11 is 5.79. The van der Waals surface area contributed by atoms with Crippen LogP contribution in [0.25, 0.3) is 0 Å². The maximum Gasteiger partial charge on any atom is 0.342 e. The van der Waals surface area contributed by atoms with E-state index in [-0.39, 0.29) is 24.5 Å². The fraction of sp³-hybridized carbons (Fsp3) is 0.235. The highest BCUT2D eigenvalue weighted by molar-refractivity contribution is 6.31. The molecule has 0 atom stereocenters. The maximum atomic E-state index is 11.8. The number of benzene rings is 2. The summed E-state index contributed by atoms with van der Waals surface area (Å²) in [5, 5.41) is 9.97. The zero-order valence-electron chi connectivity index (χ0n) is 12.4. The van der Waals surface area contributed by atoms with E-state index in [2.05, 4.69) is 6.07 Å². The van der Waals surface area contributed by atoms with Crippen LogP contribution >= 0.6 is 11.6 Å². The van der Waals surface area contributed by atoms with Gasteiger partial charge in [-0.3, -0.25) is 0 Å². The number of aromatic hydroxyl groups is 1. The molecule has 2 rings (SSSR count). The summed E-state index contributed by atoms with van der Waals surface area (Å²) in [4.78, 5) is 11.8. The molecule has 0 radical (unpaired) electrons. The Labute approximate surface area is 134 Å². The summed E-state index contributed by atoms with van der Waals surface area (Å²) in [5.41, 5.74) is 2.26. The molecule has 0 fully saturated rings. The number of esters is 1. The Morgan fingerprint density at radius 2 is 1.77 bits per heavy atom. The molecule has 22 heavy (non-hydrogen) atoms. The fourth-order valence-electron chi connectivity index (χ4n) is 2.06. The lowest BCUT2D eigenvalue weighted by atomic mass is 10.1. The van der Waals surface area contributed by atoms with Gasteiger partial charge in [0.25, 0.3) is 0 Å². The number of aryl methyl sites for hydroxylation is 2. The van der Waals surface area contributed by atoms with Crippen molar-refractivity contribution < 1.29 is 19.4 Å². The lowest BCUT2D eigenvalue weighted by molar-refractivity contribution is 0.0447. The second-order valence-electron chi connectivity index (χ2n) is 4.97. The van der Waals surface area contributed by atoms with Gasteiger partial charge in [0.1, 0.15) is 30.3 Å². The number of rotatable bonds is 5. The molecule has 4 nitrogen and oxygen atoms in total. The van der Waals surface area contributed by atoms with Gasteiger partial charge in [-0.1, -0.05) is 17.7 Å². The smallest absolute Gasteiger partial charge is 0.342 e. The number of hydrogen-bond acceptors (Lipinski definition) is 4. The van der Waals surface area contributed by atoms with E-state index in [0.29, 0.717) is 5.02 Å². The van der Waals surface area contributed by atoms with Crippen molar-refractivity contribution in [3.8, 4) is 11.5 Å². The molecule has 0 bridgehead atoms. The van der Waals surface area contributed by atoms with E-state index in [1.807, 2.05) is 26.0 Å². The standard InChI is InChI=1S/C17H17ClO4/c1-11-7-12(2)9-14(8-11)21-5-6-22-17(20)15-10-13(18)3-4-16(15)19/h3-4,7-10,19H,5-6H2,1-2H3. The molecule has 5 heteroatoms. The first-order valence-electron chi connectivity index (χ1n) is 6.82. The molecule has 0 aliphatic rings. The Balaban J connectivity index is 1.86. The van der Waals surface area contributed by atoms with Gasteiger partial charge in [0, 0.05) is 5.02 Å². The number of carbonyl (C=O) groups excluding carboxylic acids is 1. The molecule has 0 aliphatic carbocycles. The van der Waals surface area contributed by atoms with Crippen molar-refractivity contribution in [1.29, 1.82) is 0 Å². The van der Waals surface area contributed by atoms with Crippen LogP contribution in [0.5, 0.6) is 11.5 Å². The van der Waals surface area contributed by atoms with Gasteiger partial charge in [0.15, 0.2) is 0 Å². The third-order valence-corrected chi connectivity index (χ3v) is 3.19. The van der Waals surface area contributed by atoms with Gasteiger partial charge in [-0.15, -0.1) is 0 Å². The van der Waals surface area contributed by atoms with Crippen molar-refractivity contribution in [2.45, 2.75) is 13.8 Å². The summed E-state index contributed by atoms with van der Waals surface area (Å²) in [6.07, 6.45) is 0. The molecule has 0 aliphatic heterocycles. The first-order chi connectivity index (χ1) is 10.5. The van der Waals surface area contributed by atoms with Crippen LogP contribution in [0.2, 0.25) is 5.02 Å². The number of hydrogen-bond donors (Lipinski definition) is 1. The van der Waals surface area contributed by atoms with Crippen molar-refractivity contribution in [3.05, 3.63) is 58.1 Å². The molecule has 116 valence electrons. The van der Waals surface area contributed by atoms with Gasteiger partial charge in [0.05, 0.1) is 0 Å². The van der Waals surface area contributed by atoms with Crippen LogP contribution in [0, 0.1) is 13.8 Å². The Bertz CT molecular complexity index is 662. The van der Waals surface area contributed by atoms with Crippen molar-refractivity contribution in [1.82, 2.24) is 0 Å². The number of carbonyl (C=O) groups is 1. The van der Waals surface area contributed by atoms with Gasteiger partial charge in [-0.05, 0) is 55.3 Å². The molecule has 0 aromatic heterocycles. The predicted octanol–water partition coefficient (Wildman–Crippen LogP) is 3.90. The molecule has 0 unspecified atom stereocenters. The number of ether oxygens (including phenoxy) is 2. The molecule has 2 aromatic carbocycles. The lowest BCUT2D eigenvalue weighted by Crippen LogP contribution is -2.12. The molecule has 0 spiro atoms. The summed E-state index contributed by atoms with van der Waals surface area (Å²) in [7, 11) is 0. The van der Waals surface area contributed by atoms with E-state index < -0.39 is 5.97 Å². The predicted molar refractivity (Wildman–Crippen MR) is 84.8 cm³/mol. The topological polar surface area (TPSA) is 55.8 Å². The average molecular weight is 321 g/mol. The second-order valence-corrected chi connectivity index (χ2v) is 5.41. The number of phenolic OH excluding ortho intramolecular Hbond substituents is 1. The van der Waals surface area contributed by atoms with Crippen LogP contribution < -0.4 is 4.74 Å². The highest BCUT2D eigenvalue weighted by atomic mass is 35.5. The Morgan fingerprint density at radius 1 is 1.09 bits per heavy atom. The van der Waals surface area contributed by atoms with E-state index >= 15 is 0 Å². The van der Waals surface area contributed by atoms with E-state index in [1.54, 1.807) is 0 Å².